The highest BCUT2D eigenvalue weighted by molar-refractivity contribution is 7.09. The van der Waals surface area contributed by atoms with E-state index in [1.165, 1.54) is 0 Å². The summed E-state index contributed by atoms with van der Waals surface area (Å²) in [6.45, 7) is 0.552. The van der Waals surface area contributed by atoms with Crippen LogP contribution in [0.1, 0.15) is 22.0 Å². The molecule has 5 heteroatoms. The second-order valence-electron chi connectivity index (χ2n) is 5.49. The number of rotatable bonds is 7. The number of amides is 1. The van der Waals surface area contributed by atoms with Gasteiger partial charge in [0.25, 0.3) is 0 Å². The monoisotopic (exact) mass is 337 g/mol. The standard InChI is InChI=1S/C19H19N3OS/c23-18(21-13-15-6-2-1-3-7-15)12-17-14-24-19(22-17)10-9-16-8-4-5-11-20-16/h1-8,11,14H,9-10,12-13H2,(H,21,23). The Morgan fingerprint density at radius 1 is 1.00 bits per heavy atom. The average molecular weight is 337 g/mol. The number of aryl methyl sites for hydroxylation is 2. The first-order chi connectivity index (χ1) is 11.8. The number of nitrogens with zero attached hydrogens (tertiary/aromatic N) is 2. The number of carbonyl (C=O) groups is 1. The van der Waals surface area contributed by atoms with Gasteiger partial charge < -0.3 is 5.32 Å². The van der Waals surface area contributed by atoms with Crippen LogP contribution in [-0.4, -0.2) is 15.9 Å². The molecule has 1 N–H and O–H groups in total. The summed E-state index contributed by atoms with van der Waals surface area (Å²) in [6, 6.07) is 15.8. The van der Waals surface area contributed by atoms with Crippen molar-refractivity contribution in [3.8, 4) is 0 Å². The van der Waals surface area contributed by atoms with Crippen LogP contribution in [0.2, 0.25) is 0 Å². The van der Waals surface area contributed by atoms with Crippen molar-refractivity contribution in [1.29, 1.82) is 0 Å². The van der Waals surface area contributed by atoms with E-state index in [1.54, 1.807) is 17.5 Å². The Morgan fingerprint density at radius 3 is 2.62 bits per heavy atom. The van der Waals surface area contributed by atoms with Gasteiger partial charge in [-0.15, -0.1) is 11.3 Å². The summed E-state index contributed by atoms with van der Waals surface area (Å²) >= 11 is 1.61. The van der Waals surface area contributed by atoms with E-state index in [4.69, 9.17) is 0 Å². The van der Waals surface area contributed by atoms with Gasteiger partial charge in [0.15, 0.2) is 0 Å². The molecule has 122 valence electrons. The van der Waals surface area contributed by atoms with E-state index < -0.39 is 0 Å². The van der Waals surface area contributed by atoms with Crippen LogP contribution >= 0.6 is 11.3 Å². The van der Waals surface area contributed by atoms with Crippen LogP contribution in [0.15, 0.2) is 60.1 Å². The third-order valence-electron chi connectivity index (χ3n) is 3.59. The van der Waals surface area contributed by atoms with Gasteiger partial charge in [-0.05, 0) is 24.1 Å². The lowest BCUT2D eigenvalue weighted by Gasteiger charge is -2.03. The van der Waals surface area contributed by atoms with E-state index in [0.717, 1.165) is 34.8 Å². The molecular formula is C19H19N3OS. The molecule has 0 saturated carbocycles. The lowest BCUT2D eigenvalue weighted by Crippen LogP contribution is -2.24. The third kappa shape index (κ3) is 4.99. The van der Waals surface area contributed by atoms with E-state index in [0.29, 0.717) is 13.0 Å². The highest BCUT2D eigenvalue weighted by Gasteiger charge is 2.08. The first-order valence-electron chi connectivity index (χ1n) is 7.93. The quantitative estimate of drug-likeness (QED) is 0.720. The second-order valence-corrected chi connectivity index (χ2v) is 6.44. The van der Waals surface area contributed by atoms with Crippen LogP contribution < -0.4 is 5.32 Å². The van der Waals surface area contributed by atoms with E-state index in [1.807, 2.05) is 53.9 Å². The van der Waals surface area contributed by atoms with Crippen molar-refractivity contribution in [2.45, 2.75) is 25.8 Å². The number of pyridine rings is 1. The zero-order chi connectivity index (χ0) is 16.6. The van der Waals surface area contributed by atoms with Gasteiger partial charge in [0.1, 0.15) is 0 Å². The molecule has 2 heterocycles. The highest BCUT2D eigenvalue weighted by Crippen LogP contribution is 2.13. The first kappa shape index (κ1) is 16.3. The maximum atomic E-state index is 12.0. The number of nitrogens with one attached hydrogen (secondary N) is 1. The number of carbonyl (C=O) groups excluding carboxylic acids is 1. The molecule has 4 nitrogen and oxygen atoms in total. The van der Waals surface area contributed by atoms with Crippen LogP contribution in [0.3, 0.4) is 0 Å². The summed E-state index contributed by atoms with van der Waals surface area (Å²) in [7, 11) is 0. The minimum absolute atomic E-state index is 0.000397. The van der Waals surface area contributed by atoms with Gasteiger partial charge in [0, 0.05) is 30.2 Å². The first-order valence-corrected chi connectivity index (χ1v) is 8.81. The molecule has 0 aliphatic carbocycles. The summed E-state index contributed by atoms with van der Waals surface area (Å²) in [4.78, 5) is 20.9. The lowest BCUT2D eigenvalue weighted by molar-refractivity contribution is -0.120. The van der Waals surface area contributed by atoms with Crippen molar-refractivity contribution in [2.24, 2.45) is 0 Å². The van der Waals surface area contributed by atoms with E-state index in [2.05, 4.69) is 15.3 Å². The Kier molecular flexibility index (Phi) is 5.69. The number of thiazole rings is 1. The summed E-state index contributed by atoms with van der Waals surface area (Å²) in [5.41, 5.74) is 3.00. The molecule has 24 heavy (non-hydrogen) atoms. The van der Waals surface area contributed by atoms with Crippen molar-refractivity contribution in [1.82, 2.24) is 15.3 Å². The molecule has 0 aliphatic rings. The molecule has 0 bridgehead atoms. The molecular weight excluding hydrogens is 318 g/mol. The minimum atomic E-state index is 0.000397. The summed E-state index contributed by atoms with van der Waals surface area (Å²) in [5, 5.41) is 5.95. The Hall–Kier alpha value is -2.53. The summed E-state index contributed by atoms with van der Waals surface area (Å²) in [5.74, 6) is 0.000397. The normalized spacial score (nSPS) is 10.5. The van der Waals surface area contributed by atoms with Crippen LogP contribution in [0.5, 0.6) is 0 Å². The summed E-state index contributed by atoms with van der Waals surface area (Å²) in [6.07, 6.45) is 3.86. The Labute approximate surface area is 145 Å². The Balaban J connectivity index is 1.46. The molecule has 1 amide bonds. The van der Waals surface area contributed by atoms with Crippen molar-refractivity contribution in [3.05, 3.63) is 82.1 Å². The molecule has 0 unspecified atom stereocenters. The largest absolute Gasteiger partial charge is 0.352 e. The van der Waals surface area contributed by atoms with Crippen LogP contribution in [0, 0.1) is 0 Å². The van der Waals surface area contributed by atoms with Crippen LogP contribution in [0.25, 0.3) is 0 Å². The van der Waals surface area contributed by atoms with E-state index >= 15 is 0 Å². The molecule has 3 rings (SSSR count). The third-order valence-corrected chi connectivity index (χ3v) is 4.55. The Morgan fingerprint density at radius 2 is 1.83 bits per heavy atom. The maximum Gasteiger partial charge on any atom is 0.226 e. The zero-order valence-corrected chi connectivity index (χ0v) is 14.1. The molecule has 3 aromatic rings. The predicted molar refractivity (Wildman–Crippen MR) is 95.8 cm³/mol. The van der Waals surface area contributed by atoms with Gasteiger partial charge >= 0.3 is 0 Å². The predicted octanol–water partition coefficient (Wildman–Crippen LogP) is 3.18. The molecule has 0 radical (unpaired) electrons. The lowest BCUT2D eigenvalue weighted by atomic mass is 10.2. The molecule has 0 saturated heterocycles. The van der Waals surface area contributed by atoms with Gasteiger partial charge in [0.2, 0.25) is 5.91 Å². The number of aromatic nitrogens is 2. The van der Waals surface area contributed by atoms with Gasteiger partial charge in [-0.1, -0.05) is 36.4 Å². The van der Waals surface area contributed by atoms with Crippen LogP contribution in [-0.2, 0) is 30.6 Å². The van der Waals surface area contributed by atoms with E-state index in [9.17, 15) is 4.79 Å². The second kappa shape index (κ2) is 8.36. The van der Waals surface area contributed by atoms with Crippen molar-refractivity contribution >= 4 is 17.2 Å². The molecule has 0 spiro atoms. The number of benzene rings is 1. The fraction of sp³-hybridized carbons (Fsp3) is 0.211. The summed E-state index contributed by atoms with van der Waals surface area (Å²) < 4.78 is 0. The number of hydrogen-bond donors (Lipinski definition) is 1. The van der Waals surface area contributed by atoms with E-state index in [-0.39, 0.29) is 5.91 Å². The molecule has 0 fully saturated rings. The SMILES string of the molecule is O=C(Cc1csc(CCc2ccccn2)n1)NCc1ccccc1. The molecule has 2 aromatic heterocycles. The van der Waals surface area contributed by atoms with Gasteiger partial charge in [-0.2, -0.15) is 0 Å². The van der Waals surface area contributed by atoms with Gasteiger partial charge in [-0.3, -0.25) is 9.78 Å². The molecule has 1 aromatic carbocycles. The topological polar surface area (TPSA) is 54.9 Å². The zero-order valence-electron chi connectivity index (χ0n) is 13.3. The van der Waals surface area contributed by atoms with Crippen molar-refractivity contribution in [3.63, 3.8) is 0 Å². The minimum Gasteiger partial charge on any atom is -0.352 e. The van der Waals surface area contributed by atoms with Crippen LogP contribution in [0.4, 0.5) is 0 Å². The van der Waals surface area contributed by atoms with Crippen molar-refractivity contribution < 1.29 is 4.79 Å². The maximum absolute atomic E-state index is 12.0. The van der Waals surface area contributed by atoms with Gasteiger partial charge in [0.05, 0.1) is 17.1 Å². The highest BCUT2D eigenvalue weighted by atomic mass is 32.1. The Bertz CT molecular complexity index is 772. The molecule has 0 aliphatic heterocycles. The smallest absolute Gasteiger partial charge is 0.226 e. The number of hydrogen-bond acceptors (Lipinski definition) is 4. The fourth-order valence-electron chi connectivity index (χ4n) is 2.35. The molecule has 0 atom stereocenters. The van der Waals surface area contributed by atoms with Gasteiger partial charge in [-0.25, -0.2) is 4.98 Å². The van der Waals surface area contributed by atoms with Crippen molar-refractivity contribution in [2.75, 3.05) is 0 Å². The average Bonchev–Trinajstić information content (AvgIpc) is 3.07. The fourth-order valence-corrected chi connectivity index (χ4v) is 3.15.